The lowest BCUT2D eigenvalue weighted by Gasteiger charge is -2.21. The van der Waals surface area contributed by atoms with Crippen LogP contribution in [0.2, 0.25) is 0 Å². The summed E-state index contributed by atoms with van der Waals surface area (Å²) in [6.07, 6.45) is -1.64. The molecule has 2 rings (SSSR count). The zero-order valence-corrected chi connectivity index (χ0v) is 12.3. The van der Waals surface area contributed by atoms with Gasteiger partial charge in [0.1, 0.15) is 17.9 Å². The quantitative estimate of drug-likeness (QED) is 0.720. The van der Waals surface area contributed by atoms with Gasteiger partial charge in [-0.2, -0.15) is 0 Å². The molecular weight excluding hydrogens is 298 g/mol. The largest absolute Gasteiger partial charge is 0.488 e. The van der Waals surface area contributed by atoms with Gasteiger partial charge in [0.15, 0.2) is 0 Å². The third-order valence-electron chi connectivity index (χ3n) is 3.31. The van der Waals surface area contributed by atoms with E-state index in [4.69, 9.17) is 20.7 Å². The summed E-state index contributed by atoms with van der Waals surface area (Å²) in [5.41, 5.74) is 7.49. The first kappa shape index (κ1) is 16.5. The van der Waals surface area contributed by atoms with Gasteiger partial charge in [-0.3, -0.25) is 9.59 Å². The van der Waals surface area contributed by atoms with Crippen molar-refractivity contribution < 1.29 is 24.5 Å². The summed E-state index contributed by atoms with van der Waals surface area (Å²) in [6, 6.07) is 15.2. The maximum Gasteiger partial charge on any atom is 0.324 e. The van der Waals surface area contributed by atoms with Gasteiger partial charge in [-0.1, -0.05) is 42.5 Å². The Bertz CT molecular complexity index is 669. The van der Waals surface area contributed by atoms with Crippen molar-refractivity contribution in [3.8, 4) is 16.9 Å². The molecule has 23 heavy (non-hydrogen) atoms. The lowest BCUT2D eigenvalue weighted by Crippen LogP contribution is -2.46. The van der Waals surface area contributed by atoms with Crippen LogP contribution in [-0.2, 0) is 9.59 Å². The Labute approximate surface area is 133 Å². The Morgan fingerprint density at radius 3 is 2.04 bits per heavy atom. The van der Waals surface area contributed by atoms with Crippen LogP contribution in [0.15, 0.2) is 54.6 Å². The summed E-state index contributed by atoms with van der Waals surface area (Å²) in [5.74, 6) is -2.11. The van der Waals surface area contributed by atoms with Gasteiger partial charge in [0.05, 0.1) is 6.42 Å². The highest BCUT2D eigenvalue weighted by molar-refractivity contribution is 5.76. The van der Waals surface area contributed by atoms with Crippen molar-refractivity contribution in [3.63, 3.8) is 0 Å². The van der Waals surface area contributed by atoms with E-state index in [1.54, 1.807) is 12.1 Å². The molecule has 120 valence electrons. The van der Waals surface area contributed by atoms with Crippen molar-refractivity contribution in [2.45, 2.75) is 18.6 Å². The molecule has 0 saturated carbocycles. The van der Waals surface area contributed by atoms with Crippen LogP contribution in [0.3, 0.4) is 0 Å². The van der Waals surface area contributed by atoms with Crippen molar-refractivity contribution >= 4 is 11.9 Å². The Hall–Kier alpha value is -2.86. The van der Waals surface area contributed by atoms with E-state index in [-0.39, 0.29) is 0 Å². The molecule has 0 amide bonds. The molecule has 2 aromatic rings. The second-order valence-corrected chi connectivity index (χ2v) is 5.01. The molecule has 0 spiro atoms. The first-order valence-corrected chi connectivity index (χ1v) is 6.99. The lowest BCUT2D eigenvalue weighted by atomic mass is 10.1. The first-order chi connectivity index (χ1) is 11.0. The van der Waals surface area contributed by atoms with Crippen LogP contribution in [0.5, 0.6) is 5.75 Å². The Balaban J connectivity index is 2.14. The average Bonchev–Trinajstić information content (AvgIpc) is 2.54. The van der Waals surface area contributed by atoms with E-state index in [2.05, 4.69) is 0 Å². The second-order valence-electron chi connectivity index (χ2n) is 5.01. The van der Waals surface area contributed by atoms with Crippen LogP contribution in [-0.4, -0.2) is 34.3 Å². The highest BCUT2D eigenvalue weighted by atomic mass is 16.5. The van der Waals surface area contributed by atoms with Crippen LogP contribution in [0, 0.1) is 0 Å². The molecule has 6 heteroatoms. The zero-order valence-electron chi connectivity index (χ0n) is 12.3. The van der Waals surface area contributed by atoms with Gasteiger partial charge in [0, 0.05) is 0 Å². The molecule has 0 heterocycles. The normalized spacial score (nSPS) is 13.1. The number of rotatable bonds is 7. The minimum atomic E-state index is -1.42. The molecular formula is C17H17NO5. The SMILES string of the molecule is N[C@H](C(=O)O)[C@H](CC(=O)O)Oc1ccc(-c2ccccc2)cc1. The van der Waals surface area contributed by atoms with Gasteiger partial charge >= 0.3 is 11.9 Å². The Morgan fingerprint density at radius 1 is 0.957 bits per heavy atom. The standard InChI is InChI=1S/C17H17NO5/c18-16(17(21)22)14(10-15(19)20)23-13-8-6-12(7-9-13)11-4-2-1-3-5-11/h1-9,14,16H,10,18H2,(H,19,20)(H,21,22)/t14-,16-/m0/s1. The van der Waals surface area contributed by atoms with Crippen LogP contribution in [0.1, 0.15) is 6.42 Å². The maximum atomic E-state index is 11.0. The molecule has 0 radical (unpaired) electrons. The highest BCUT2D eigenvalue weighted by Gasteiger charge is 2.28. The lowest BCUT2D eigenvalue weighted by molar-refractivity contribution is -0.143. The fourth-order valence-electron chi connectivity index (χ4n) is 2.10. The fourth-order valence-corrected chi connectivity index (χ4v) is 2.10. The third-order valence-corrected chi connectivity index (χ3v) is 3.31. The summed E-state index contributed by atoms with van der Waals surface area (Å²) in [6.45, 7) is 0. The number of benzene rings is 2. The van der Waals surface area contributed by atoms with Gasteiger partial charge in [0.25, 0.3) is 0 Å². The van der Waals surface area contributed by atoms with Crippen LogP contribution >= 0.6 is 0 Å². The van der Waals surface area contributed by atoms with E-state index in [0.29, 0.717) is 5.75 Å². The Kier molecular flexibility index (Phi) is 5.32. The third kappa shape index (κ3) is 4.55. The topological polar surface area (TPSA) is 110 Å². The number of carbonyl (C=O) groups is 2. The van der Waals surface area contributed by atoms with Crippen LogP contribution in [0.25, 0.3) is 11.1 Å². The van der Waals surface area contributed by atoms with E-state index in [9.17, 15) is 9.59 Å². The van der Waals surface area contributed by atoms with Crippen molar-refractivity contribution in [1.82, 2.24) is 0 Å². The molecule has 0 unspecified atom stereocenters. The molecule has 0 aliphatic heterocycles. The van der Waals surface area contributed by atoms with Crippen molar-refractivity contribution in [2.75, 3.05) is 0 Å². The number of ether oxygens (including phenoxy) is 1. The summed E-state index contributed by atoms with van der Waals surface area (Å²) in [7, 11) is 0. The van der Waals surface area contributed by atoms with Gasteiger partial charge in [-0.25, -0.2) is 0 Å². The fraction of sp³-hybridized carbons (Fsp3) is 0.176. The predicted octanol–water partition coefficient (Wildman–Crippen LogP) is 1.99. The van der Waals surface area contributed by atoms with Gasteiger partial charge in [-0.05, 0) is 23.3 Å². The smallest absolute Gasteiger partial charge is 0.324 e. The summed E-state index contributed by atoms with van der Waals surface area (Å²) in [5, 5.41) is 17.8. The van der Waals surface area contributed by atoms with Crippen molar-refractivity contribution in [1.29, 1.82) is 0 Å². The zero-order chi connectivity index (χ0) is 16.8. The number of hydrogen-bond donors (Lipinski definition) is 3. The Morgan fingerprint density at radius 2 is 1.52 bits per heavy atom. The van der Waals surface area contributed by atoms with Gasteiger partial charge in [0.2, 0.25) is 0 Å². The maximum absolute atomic E-state index is 11.0. The van der Waals surface area contributed by atoms with Crippen molar-refractivity contribution in [2.24, 2.45) is 5.73 Å². The predicted molar refractivity (Wildman–Crippen MR) is 84.2 cm³/mol. The number of hydrogen-bond acceptors (Lipinski definition) is 4. The van der Waals surface area contributed by atoms with E-state index >= 15 is 0 Å². The van der Waals surface area contributed by atoms with Crippen LogP contribution < -0.4 is 10.5 Å². The summed E-state index contributed by atoms with van der Waals surface area (Å²) >= 11 is 0. The average molecular weight is 315 g/mol. The minimum absolute atomic E-state index is 0.368. The molecule has 2 atom stereocenters. The molecule has 0 aromatic heterocycles. The molecule has 0 bridgehead atoms. The minimum Gasteiger partial charge on any atom is -0.488 e. The summed E-state index contributed by atoms with van der Waals surface area (Å²) < 4.78 is 5.45. The molecule has 6 nitrogen and oxygen atoms in total. The number of carboxylic acids is 2. The number of aliphatic carboxylic acids is 2. The first-order valence-electron chi connectivity index (χ1n) is 6.99. The number of nitrogens with two attached hydrogens (primary N) is 1. The van der Waals surface area contributed by atoms with E-state index in [0.717, 1.165) is 11.1 Å². The second kappa shape index (κ2) is 7.42. The van der Waals surface area contributed by atoms with Gasteiger partial charge in [-0.15, -0.1) is 0 Å². The molecule has 0 aliphatic carbocycles. The van der Waals surface area contributed by atoms with E-state index < -0.39 is 30.5 Å². The molecule has 0 aliphatic rings. The van der Waals surface area contributed by atoms with Crippen LogP contribution in [0.4, 0.5) is 0 Å². The highest BCUT2D eigenvalue weighted by Crippen LogP contribution is 2.23. The molecule has 2 aromatic carbocycles. The molecule has 0 saturated heterocycles. The molecule has 0 fully saturated rings. The van der Waals surface area contributed by atoms with Crippen molar-refractivity contribution in [3.05, 3.63) is 54.6 Å². The summed E-state index contributed by atoms with van der Waals surface area (Å²) in [4.78, 5) is 21.8. The number of carboxylic acid groups (broad SMARTS) is 2. The van der Waals surface area contributed by atoms with E-state index in [1.807, 2.05) is 42.5 Å². The molecule has 4 N–H and O–H groups in total. The monoisotopic (exact) mass is 315 g/mol. The van der Waals surface area contributed by atoms with E-state index in [1.165, 1.54) is 0 Å². The van der Waals surface area contributed by atoms with Gasteiger partial charge < -0.3 is 20.7 Å².